The number of amides is 3. The molecule has 3 N–H and O–H groups in total. The Labute approximate surface area is 173 Å². The molecule has 0 aliphatic rings. The molecule has 0 aliphatic carbocycles. The molecule has 3 aromatic rings. The lowest BCUT2D eigenvalue weighted by Gasteiger charge is -2.11. The van der Waals surface area contributed by atoms with Crippen molar-refractivity contribution >= 4 is 35.3 Å². The van der Waals surface area contributed by atoms with Crippen LogP contribution in [0.15, 0.2) is 84.0 Å². The summed E-state index contributed by atoms with van der Waals surface area (Å²) in [6, 6.07) is 22.8. The largest absolute Gasteiger partial charge is 0.329 e. The summed E-state index contributed by atoms with van der Waals surface area (Å²) < 4.78 is 0. The van der Waals surface area contributed by atoms with Crippen LogP contribution in [0.3, 0.4) is 0 Å². The molecule has 0 spiro atoms. The predicted octanol–water partition coefficient (Wildman–Crippen LogP) is 3.34. The van der Waals surface area contributed by atoms with Crippen molar-refractivity contribution in [2.24, 2.45) is 5.10 Å². The van der Waals surface area contributed by atoms with Crippen molar-refractivity contribution in [1.82, 2.24) is 5.43 Å². The van der Waals surface area contributed by atoms with Gasteiger partial charge in [-0.15, -0.1) is 0 Å². The standard InChI is InChI=1S/C23H20N4O3/c1-16-11-13-17(14-12-16)15-24-27-23(30)22(29)26-20-10-6-5-9-19(20)21(28)25-18-7-3-2-4-8-18/h2-15H,1H3,(H,25,28)(H,26,29)(H,27,30)/b24-15+. The van der Waals surface area contributed by atoms with Gasteiger partial charge in [0.15, 0.2) is 0 Å². The molecule has 0 aromatic heterocycles. The van der Waals surface area contributed by atoms with Gasteiger partial charge in [-0.25, -0.2) is 5.43 Å². The second-order valence-electron chi connectivity index (χ2n) is 6.43. The highest BCUT2D eigenvalue weighted by Crippen LogP contribution is 2.17. The van der Waals surface area contributed by atoms with Gasteiger partial charge in [-0.3, -0.25) is 14.4 Å². The number of carbonyl (C=O) groups is 3. The summed E-state index contributed by atoms with van der Waals surface area (Å²) in [6.45, 7) is 1.96. The van der Waals surface area contributed by atoms with E-state index in [0.717, 1.165) is 11.1 Å². The molecule has 0 fully saturated rings. The van der Waals surface area contributed by atoms with Gasteiger partial charge in [0, 0.05) is 5.69 Å². The average molecular weight is 400 g/mol. The van der Waals surface area contributed by atoms with Crippen molar-refractivity contribution < 1.29 is 14.4 Å². The fraction of sp³-hybridized carbons (Fsp3) is 0.0435. The van der Waals surface area contributed by atoms with Gasteiger partial charge in [0.2, 0.25) is 0 Å². The third-order valence-electron chi connectivity index (χ3n) is 4.11. The second-order valence-corrected chi connectivity index (χ2v) is 6.43. The first-order chi connectivity index (χ1) is 14.5. The minimum atomic E-state index is -0.948. The number of hydrogen-bond acceptors (Lipinski definition) is 4. The minimum Gasteiger partial charge on any atom is -0.322 e. The van der Waals surface area contributed by atoms with E-state index in [-0.39, 0.29) is 11.3 Å². The zero-order valence-electron chi connectivity index (χ0n) is 16.3. The Kier molecular flexibility index (Phi) is 6.68. The quantitative estimate of drug-likeness (QED) is 0.348. The molecule has 150 valence electrons. The number of nitrogens with zero attached hydrogens (tertiary/aromatic N) is 1. The van der Waals surface area contributed by atoms with Crippen LogP contribution in [0.1, 0.15) is 21.5 Å². The maximum Gasteiger partial charge on any atom is 0.329 e. The highest BCUT2D eigenvalue weighted by molar-refractivity contribution is 6.40. The van der Waals surface area contributed by atoms with Crippen LogP contribution in [0.5, 0.6) is 0 Å². The van der Waals surface area contributed by atoms with Crippen molar-refractivity contribution in [3.05, 3.63) is 95.6 Å². The molecule has 0 atom stereocenters. The van der Waals surface area contributed by atoms with E-state index in [1.165, 1.54) is 6.21 Å². The molecule has 7 nitrogen and oxygen atoms in total. The van der Waals surface area contributed by atoms with Crippen LogP contribution >= 0.6 is 0 Å². The smallest absolute Gasteiger partial charge is 0.322 e. The first-order valence-corrected chi connectivity index (χ1v) is 9.19. The molecule has 0 saturated carbocycles. The molecule has 0 saturated heterocycles. The molecule has 0 aliphatic heterocycles. The summed E-state index contributed by atoms with van der Waals surface area (Å²) in [5, 5.41) is 8.97. The topological polar surface area (TPSA) is 99.7 Å². The number of hydrazone groups is 1. The second kappa shape index (κ2) is 9.79. The van der Waals surface area contributed by atoms with E-state index < -0.39 is 17.7 Å². The molecule has 3 amide bonds. The highest BCUT2D eigenvalue weighted by Gasteiger charge is 2.17. The van der Waals surface area contributed by atoms with Crippen molar-refractivity contribution in [2.75, 3.05) is 10.6 Å². The first kappa shape index (κ1) is 20.5. The van der Waals surface area contributed by atoms with Gasteiger partial charge in [0.25, 0.3) is 5.91 Å². The molecule has 0 unspecified atom stereocenters. The number of para-hydroxylation sites is 2. The van der Waals surface area contributed by atoms with Crippen LogP contribution < -0.4 is 16.1 Å². The maximum absolute atomic E-state index is 12.6. The van der Waals surface area contributed by atoms with Gasteiger partial charge in [-0.05, 0) is 36.8 Å². The fourth-order valence-corrected chi connectivity index (χ4v) is 2.56. The average Bonchev–Trinajstić information content (AvgIpc) is 2.76. The van der Waals surface area contributed by atoms with E-state index in [1.54, 1.807) is 48.5 Å². The van der Waals surface area contributed by atoms with E-state index in [4.69, 9.17) is 0 Å². The van der Waals surface area contributed by atoms with Crippen LogP contribution in [-0.2, 0) is 9.59 Å². The van der Waals surface area contributed by atoms with Gasteiger partial charge in [-0.1, -0.05) is 60.2 Å². The molecule has 0 radical (unpaired) electrons. The van der Waals surface area contributed by atoms with E-state index in [1.807, 2.05) is 37.3 Å². The monoisotopic (exact) mass is 400 g/mol. The Morgan fingerprint density at radius 2 is 1.43 bits per heavy atom. The molecular formula is C23H20N4O3. The molecule has 0 bridgehead atoms. The maximum atomic E-state index is 12.6. The Morgan fingerprint density at radius 1 is 0.767 bits per heavy atom. The number of rotatable bonds is 5. The van der Waals surface area contributed by atoms with Gasteiger partial charge in [0.05, 0.1) is 17.5 Å². The van der Waals surface area contributed by atoms with E-state index in [2.05, 4.69) is 21.2 Å². The number of aryl methyl sites for hydroxylation is 1. The number of nitrogens with one attached hydrogen (secondary N) is 3. The molecule has 0 heterocycles. The molecule has 3 aromatic carbocycles. The third kappa shape index (κ3) is 5.62. The van der Waals surface area contributed by atoms with Crippen molar-refractivity contribution in [3.63, 3.8) is 0 Å². The summed E-state index contributed by atoms with van der Waals surface area (Å²) in [5.41, 5.74) is 5.12. The van der Waals surface area contributed by atoms with Crippen LogP contribution in [0, 0.1) is 6.92 Å². The Hall–Kier alpha value is -4.26. The zero-order valence-corrected chi connectivity index (χ0v) is 16.3. The number of hydrogen-bond donors (Lipinski definition) is 3. The Morgan fingerprint density at radius 3 is 2.17 bits per heavy atom. The third-order valence-corrected chi connectivity index (χ3v) is 4.11. The van der Waals surface area contributed by atoms with Crippen molar-refractivity contribution in [1.29, 1.82) is 0 Å². The number of carbonyl (C=O) groups excluding carboxylic acids is 3. The molecular weight excluding hydrogens is 380 g/mol. The molecule has 7 heteroatoms. The Bertz CT molecular complexity index is 1080. The normalized spacial score (nSPS) is 10.4. The summed E-state index contributed by atoms with van der Waals surface area (Å²) in [4.78, 5) is 36.8. The van der Waals surface area contributed by atoms with Crippen LogP contribution in [0.2, 0.25) is 0 Å². The van der Waals surface area contributed by atoms with Crippen molar-refractivity contribution in [3.8, 4) is 0 Å². The van der Waals surface area contributed by atoms with Crippen molar-refractivity contribution in [2.45, 2.75) is 6.92 Å². The first-order valence-electron chi connectivity index (χ1n) is 9.19. The molecule has 3 rings (SSSR count). The summed E-state index contributed by atoms with van der Waals surface area (Å²) in [5.74, 6) is -2.29. The summed E-state index contributed by atoms with van der Waals surface area (Å²) >= 11 is 0. The fourth-order valence-electron chi connectivity index (χ4n) is 2.56. The van der Waals surface area contributed by atoms with Crippen LogP contribution in [0.4, 0.5) is 11.4 Å². The van der Waals surface area contributed by atoms with Gasteiger partial charge in [0.1, 0.15) is 0 Å². The van der Waals surface area contributed by atoms with Crippen LogP contribution in [-0.4, -0.2) is 23.9 Å². The van der Waals surface area contributed by atoms with Gasteiger partial charge in [-0.2, -0.15) is 5.10 Å². The zero-order chi connectivity index (χ0) is 21.3. The highest BCUT2D eigenvalue weighted by atomic mass is 16.2. The van der Waals surface area contributed by atoms with Crippen LogP contribution in [0.25, 0.3) is 0 Å². The predicted molar refractivity (Wildman–Crippen MR) is 116 cm³/mol. The lowest BCUT2D eigenvalue weighted by molar-refractivity contribution is -0.136. The number of anilines is 2. The minimum absolute atomic E-state index is 0.216. The summed E-state index contributed by atoms with van der Waals surface area (Å²) in [6.07, 6.45) is 1.44. The van der Waals surface area contributed by atoms with Gasteiger partial charge >= 0.3 is 11.8 Å². The SMILES string of the molecule is Cc1ccc(/C=N/NC(=O)C(=O)Nc2ccccc2C(=O)Nc2ccccc2)cc1. The van der Waals surface area contributed by atoms with E-state index in [0.29, 0.717) is 5.69 Å². The Balaban J connectivity index is 1.62. The molecule has 30 heavy (non-hydrogen) atoms. The van der Waals surface area contributed by atoms with Gasteiger partial charge < -0.3 is 10.6 Å². The number of benzene rings is 3. The van der Waals surface area contributed by atoms with E-state index in [9.17, 15) is 14.4 Å². The summed E-state index contributed by atoms with van der Waals surface area (Å²) in [7, 11) is 0. The lowest BCUT2D eigenvalue weighted by atomic mass is 10.1. The lowest BCUT2D eigenvalue weighted by Crippen LogP contribution is -2.33. The van der Waals surface area contributed by atoms with E-state index >= 15 is 0 Å².